The molecule has 496 valence electrons. The number of hydrogen-bond acceptors (Lipinski definition) is 12. The fourth-order valence-electron chi connectivity index (χ4n) is 20.5. The maximum Gasteiger partial charge on any atom is 0.339 e. The van der Waals surface area contributed by atoms with Crippen LogP contribution in [0.4, 0.5) is 0 Å². The van der Waals surface area contributed by atoms with Crippen LogP contribution in [-0.4, -0.2) is 49.5 Å². The maximum absolute atomic E-state index is 13.0. The van der Waals surface area contributed by atoms with Crippen LogP contribution < -0.4 is 0 Å². The van der Waals surface area contributed by atoms with Gasteiger partial charge in [0.05, 0.1) is 23.5 Å². The largest absolute Gasteiger partial charge is 0.548 e. The van der Waals surface area contributed by atoms with Gasteiger partial charge >= 0.3 is 23.9 Å². The summed E-state index contributed by atoms with van der Waals surface area (Å²) in [7, 11) is -1.64. The van der Waals surface area contributed by atoms with Gasteiger partial charge < -0.3 is 49.1 Å². The summed E-state index contributed by atoms with van der Waals surface area (Å²) < 4.78 is 29.6. The van der Waals surface area contributed by atoms with E-state index in [9.17, 15) is 33.6 Å². The van der Waals surface area contributed by atoms with Gasteiger partial charge in [-0.3, -0.25) is 28.8 Å². The third kappa shape index (κ3) is 13.6. The molecule has 12 aliphatic carbocycles. The second-order valence-electron chi connectivity index (χ2n) is 32.5. The molecular formula is C76H100O12SiY4-4. The Bertz CT molecular complexity index is 3280. The Morgan fingerprint density at radius 2 is 0.892 bits per heavy atom. The van der Waals surface area contributed by atoms with E-state index in [1.807, 2.05) is 6.08 Å². The number of rotatable bonds is 2. The van der Waals surface area contributed by atoms with Crippen molar-refractivity contribution in [2.75, 3.05) is 0 Å². The first-order valence-electron chi connectivity index (χ1n) is 34.0. The van der Waals surface area contributed by atoms with Crippen molar-refractivity contribution in [1.29, 1.82) is 0 Å². The van der Waals surface area contributed by atoms with Crippen molar-refractivity contribution in [3.63, 3.8) is 0 Å². The Hall–Kier alpha value is -0.498. The molecule has 93 heavy (non-hydrogen) atoms. The number of allylic oxidation sites excluding steroid dienone is 13. The molecule has 15 unspecified atom stereocenters. The number of hydrogen-bond donors (Lipinski definition) is 0. The average molecular weight is 1590 g/mol. The molecule has 0 aromatic heterocycles. The van der Waals surface area contributed by atoms with Crippen LogP contribution in [0.1, 0.15) is 217 Å². The molecule has 0 N–H and O–H groups in total. The van der Waals surface area contributed by atoms with E-state index in [1.165, 1.54) is 28.7 Å². The maximum atomic E-state index is 13.0. The molecule has 0 amide bonds. The van der Waals surface area contributed by atoms with Crippen LogP contribution in [0.5, 0.6) is 0 Å². The summed E-state index contributed by atoms with van der Waals surface area (Å²) in [6, 6.07) is 0. The van der Waals surface area contributed by atoms with Gasteiger partial charge in [0, 0.05) is 203 Å². The van der Waals surface area contributed by atoms with Gasteiger partial charge in [0.1, 0.15) is 28.8 Å². The summed E-state index contributed by atoms with van der Waals surface area (Å²) >= 11 is 0. The molecule has 16 rings (SSSR count). The molecule has 0 spiro atoms. The zero-order valence-electron chi connectivity index (χ0n) is 56.8. The summed E-state index contributed by atoms with van der Waals surface area (Å²) in [5, 5.41) is 0. The van der Waals surface area contributed by atoms with Crippen LogP contribution in [0.15, 0.2) is 81.0 Å². The molecule has 9 fully saturated rings. The van der Waals surface area contributed by atoms with Crippen LogP contribution >= 0.6 is 0 Å². The first-order chi connectivity index (χ1) is 41.4. The summed E-state index contributed by atoms with van der Waals surface area (Å²) in [5.74, 6) is 5.21. The molecule has 16 aliphatic rings. The van der Waals surface area contributed by atoms with Gasteiger partial charge in [0.15, 0.2) is 11.6 Å². The second kappa shape index (κ2) is 28.4. The standard InChI is InChI=1S/C21H31O3Si.C18H23O3.2C18H21O3.CH4.4Y/c1-20-10-6-7-15(20)18-16(9-11-20)21(2)12-8-14(24-25(3,4)5)13-17(21)19(22)23-18;3*1-17-7-3-4-12(17)15-13(6-8-17)18(2)9-5-11(19)10-14(18)16(20)21-15;;;;;/h8,10,16-17H,6-7,9,11-13H2,1-5H3;7,13-14H,3-6,8-10H2,1-2H3;7,10,13H,3-6,8-9H2,1-2H3;5,7,9,13-14H,3-4,6,8,10H2,1-2H3;1H4;;;;/q4*-1;;;;;. The molecule has 12 nitrogen and oxygen atoms in total. The van der Waals surface area contributed by atoms with Gasteiger partial charge in [-0.1, -0.05) is 143 Å². The number of Topliss-reactive ketones (excluding diaryl/α,β-unsaturated/α-hetero) is 1. The minimum Gasteiger partial charge on any atom is -0.548 e. The predicted molar refractivity (Wildman–Crippen MR) is 341 cm³/mol. The topological polar surface area (TPSA) is 166 Å². The molecule has 0 aromatic rings. The minimum absolute atomic E-state index is 0. The average Bonchev–Trinajstić information content (AvgIpc) is 1.71. The van der Waals surface area contributed by atoms with Crippen molar-refractivity contribution in [2.45, 2.75) is 237 Å². The molecule has 4 radical (unpaired) electrons. The molecular weight excluding hydrogens is 1490 g/mol. The Balaban J connectivity index is 0.000000157. The van der Waals surface area contributed by atoms with Crippen molar-refractivity contribution in [1.82, 2.24) is 0 Å². The van der Waals surface area contributed by atoms with E-state index < -0.39 is 8.32 Å². The molecule has 4 heterocycles. The number of carbonyl (C=O) groups excluding carboxylic acids is 7. The summed E-state index contributed by atoms with van der Waals surface area (Å²) in [6.07, 6.45) is 39.6. The van der Waals surface area contributed by atoms with Gasteiger partial charge in [0.25, 0.3) is 0 Å². The fraction of sp³-hybridized carbons (Fsp3) is 0.671. The monoisotopic (exact) mass is 1590 g/mol. The summed E-state index contributed by atoms with van der Waals surface area (Å²) in [5.41, 5.74) is 6.02. The number of carbonyl (C=O) groups is 7. The summed E-state index contributed by atoms with van der Waals surface area (Å²) in [6.45, 7) is 24.5. The molecule has 4 saturated heterocycles. The van der Waals surface area contributed by atoms with Gasteiger partial charge in [-0.05, 0) is 93.6 Å². The molecule has 4 aliphatic heterocycles. The van der Waals surface area contributed by atoms with Gasteiger partial charge in [-0.25, -0.2) is 4.79 Å². The number of ketones is 3. The minimum atomic E-state index is -1.64. The van der Waals surface area contributed by atoms with Crippen molar-refractivity contribution in [2.24, 2.45) is 84.7 Å². The molecule has 5 saturated carbocycles. The zero-order valence-corrected chi connectivity index (χ0v) is 69.2. The molecule has 17 heteroatoms. The quantitative estimate of drug-likeness (QED) is 0.111. The van der Waals surface area contributed by atoms with Crippen LogP contribution in [0.3, 0.4) is 0 Å². The van der Waals surface area contributed by atoms with E-state index in [1.54, 1.807) is 12.2 Å². The van der Waals surface area contributed by atoms with E-state index in [4.69, 9.17) is 23.4 Å². The first-order valence-corrected chi connectivity index (χ1v) is 37.4. The van der Waals surface area contributed by atoms with Crippen LogP contribution in [0.2, 0.25) is 19.6 Å². The fourth-order valence-corrected chi connectivity index (χ4v) is 21.5. The van der Waals surface area contributed by atoms with Crippen molar-refractivity contribution in [3.8, 4) is 0 Å². The van der Waals surface area contributed by atoms with E-state index >= 15 is 0 Å². The van der Waals surface area contributed by atoms with Crippen molar-refractivity contribution < 1.29 is 188 Å². The van der Waals surface area contributed by atoms with Crippen molar-refractivity contribution in [3.05, 3.63) is 107 Å². The normalized spacial score (nSPS) is 40.9. The van der Waals surface area contributed by atoms with Crippen LogP contribution in [0.25, 0.3) is 0 Å². The first kappa shape index (κ1) is 78.2. The zero-order chi connectivity index (χ0) is 62.5. The van der Waals surface area contributed by atoms with Gasteiger partial charge in [-0.15, -0.1) is 21.7 Å². The number of esters is 4. The number of fused-ring (bicyclic) bond motifs is 16. The summed E-state index contributed by atoms with van der Waals surface area (Å²) in [4.78, 5) is 85.5. The molecule has 0 aromatic carbocycles. The third-order valence-corrected chi connectivity index (χ3v) is 27.0. The van der Waals surface area contributed by atoms with E-state index in [2.05, 4.69) is 107 Å². The Morgan fingerprint density at radius 3 is 1.39 bits per heavy atom. The predicted octanol–water partition coefficient (Wildman–Crippen LogP) is 16.4. The SMILES string of the molecule is C.CC12[CH-]CCC1=C1OC(=O)C3=CC(=O)CCC3(C)C1CC2.CC12[CH-]CCC1=C1OC(=O)C3CC(=O)C=CC3(C)C1CC2.CC12[CH-]CCC1=C1OC(=O)C3CC(=O)CCC3(C)C1CC2.CC12[CH-]CCC1=C1OC(=O)C3CC(O[Si](C)(C)C)=CCC3(C)C1CC2.[Y].[Y].[Y].[Y]. The van der Waals surface area contributed by atoms with Crippen LogP contribution in [-0.2, 0) is 188 Å². The Labute approximate surface area is 657 Å². The molecule has 15 atom stereocenters. The van der Waals surface area contributed by atoms with E-state index in [0.29, 0.717) is 49.5 Å². The number of ether oxygens (including phenoxy) is 4. The van der Waals surface area contributed by atoms with Gasteiger partial charge in [0.2, 0.25) is 8.32 Å². The Kier molecular flexibility index (Phi) is 23.9. The molecule has 0 bridgehead atoms. The van der Waals surface area contributed by atoms with E-state index in [0.717, 1.165) is 144 Å². The Morgan fingerprint density at radius 1 is 0.462 bits per heavy atom. The van der Waals surface area contributed by atoms with E-state index in [-0.39, 0.29) is 252 Å². The second-order valence-corrected chi connectivity index (χ2v) is 37.0. The third-order valence-electron chi connectivity index (χ3n) is 26.2. The van der Waals surface area contributed by atoms with Crippen LogP contribution in [0, 0.1) is 110 Å². The van der Waals surface area contributed by atoms with Crippen molar-refractivity contribution >= 4 is 49.5 Å². The van der Waals surface area contributed by atoms with Gasteiger partial charge in [-0.2, -0.15) is 25.7 Å². The smallest absolute Gasteiger partial charge is 0.339 e.